The van der Waals surface area contributed by atoms with E-state index >= 15 is 0 Å². The van der Waals surface area contributed by atoms with Crippen molar-refractivity contribution in [3.05, 3.63) is 28.2 Å². The molecule has 19 heavy (non-hydrogen) atoms. The molecule has 1 aromatic rings. The first-order chi connectivity index (χ1) is 8.73. The number of carbonyl (C=O) groups excluding carboxylic acids is 2. The van der Waals surface area contributed by atoms with Crippen molar-refractivity contribution in [3.63, 3.8) is 0 Å². The molecule has 0 unspecified atom stereocenters. The molecule has 0 bridgehead atoms. The van der Waals surface area contributed by atoms with Crippen LogP contribution in [0, 0.1) is 0 Å². The van der Waals surface area contributed by atoms with Gasteiger partial charge in [-0.2, -0.15) is 0 Å². The van der Waals surface area contributed by atoms with E-state index in [9.17, 15) is 9.59 Å². The second-order valence-corrected chi connectivity index (χ2v) is 5.93. The fourth-order valence-corrected chi connectivity index (χ4v) is 1.75. The molecule has 1 aromatic carbocycles. The van der Waals surface area contributed by atoms with Crippen molar-refractivity contribution in [3.8, 4) is 0 Å². The summed E-state index contributed by atoms with van der Waals surface area (Å²) in [6.45, 7) is 5.66. The number of methoxy groups -OCH3 is 1. The number of carbonyl (C=O) groups is 2. The topological polar surface area (TPSA) is 67.4 Å². The molecule has 0 heterocycles. The molecule has 2 amide bonds. The van der Waals surface area contributed by atoms with Crippen molar-refractivity contribution in [2.75, 3.05) is 12.4 Å². The van der Waals surface area contributed by atoms with Gasteiger partial charge in [-0.25, -0.2) is 4.79 Å². The summed E-state index contributed by atoms with van der Waals surface area (Å²) < 4.78 is 5.29. The van der Waals surface area contributed by atoms with E-state index in [4.69, 9.17) is 0 Å². The summed E-state index contributed by atoms with van der Waals surface area (Å²) in [5.74, 6) is -0.258. The summed E-state index contributed by atoms with van der Waals surface area (Å²) in [5.41, 5.74) is 0.415. The number of anilines is 1. The summed E-state index contributed by atoms with van der Waals surface area (Å²) in [5, 5.41) is 5.36. The van der Waals surface area contributed by atoms with E-state index in [0.717, 1.165) is 4.47 Å². The fourth-order valence-electron chi connectivity index (χ4n) is 1.39. The van der Waals surface area contributed by atoms with Crippen molar-refractivity contribution in [2.45, 2.75) is 26.3 Å². The minimum Gasteiger partial charge on any atom is -0.453 e. The monoisotopic (exact) mass is 328 g/mol. The van der Waals surface area contributed by atoms with Crippen molar-refractivity contribution < 1.29 is 14.3 Å². The molecule has 0 spiro atoms. The second kappa shape index (κ2) is 6.06. The maximum atomic E-state index is 12.1. The quantitative estimate of drug-likeness (QED) is 0.876. The maximum absolute atomic E-state index is 12.1. The van der Waals surface area contributed by atoms with Crippen molar-refractivity contribution in [1.29, 1.82) is 0 Å². The third kappa shape index (κ3) is 4.90. The zero-order chi connectivity index (χ0) is 14.6. The number of hydrogen-bond acceptors (Lipinski definition) is 3. The minimum atomic E-state index is -0.622. The van der Waals surface area contributed by atoms with Crippen LogP contribution in [-0.4, -0.2) is 24.6 Å². The fraction of sp³-hybridized carbons (Fsp3) is 0.385. The molecule has 0 aliphatic heterocycles. The first-order valence-electron chi connectivity index (χ1n) is 5.70. The van der Waals surface area contributed by atoms with Crippen LogP contribution in [0.4, 0.5) is 10.5 Å². The second-order valence-electron chi connectivity index (χ2n) is 5.01. The van der Waals surface area contributed by atoms with Crippen LogP contribution in [-0.2, 0) is 4.74 Å². The smallest absolute Gasteiger partial charge is 0.411 e. The van der Waals surface area contributed by atoms with Gasteiger partial charge in [0.1, 0.15) is 0 Å². The normalized spacial score (nSPS) is 10.8. The van der Waals surface area contributed by atoms with Gasteiger partial charge in [0.15, 0.2) is 0 Å². The molecule has 2 N–H and O–H groups in total. The Labute approximate surface area is 120 Å². The molecule has 0 saturated heterocycles. The van der Waals surface area contributed by atoms with E-state index in [1.54, 1.807) is 18.2 Å². The third-order valence-electron chi connectivity index (χ3n) is 2.14. The molecule has 0 radical (unpaired) electrons. The summed E-state index contributed by atoms with van der Waals surface area (Å²) in [6, 6.07) is 5.02. The highest BCUT2D eigenvalue weighted by Crippen LogP contribution is 2.22. The molecule has 6 heteroatoms. The SMILES string of the molecule is COC(=O)Nc1cc(Br)ccc1C(=O)NC(C)(C)C. The Morgan fingerprint density at radius 2 is 1.89 bits per heavy atom. The highest BCUT2D eigenvalue weighted by Gasteiger charge is 2.19. The van der Waals surface area contributed by atoms with Crippen LogP contribution in [0.25, 0.3) is 0 Å². The highest BCUT2D eigenvalue weighted by atomic mass is 79.9. The van der Waals surface area contributed by atoms with E-state index in [2.05, 4.69) is 31.3 Å². The number of amides is 2. The van der Waals surface area contributed by atoms with Crippen LogP contribution >= 0.6 is 15.9 Å². The maximum Gasteiger partial charge on any atom is 0.411 e. The Balaban J connectivity index is 3.06. The summed E-state index contributed by atoms with van der Waals surface area (Å²) in [7, 11) is 1.27. The van der Waals surface area contributed by atoms with Crippen LogP contribution in [0.1, 0.15) is 31.1 Å². The number of halogens is 1. The Morgan fingerprint density at radius 1 is 1.26 bits per heavy atom. The summed E-state index contributed by atoms with van der Waals surface area (Å²) >= 11 is 3.29. The average Bonchev–Trinajstić information content (AvgIpc) is 2.26. The largest absolute Gasteiger partial charge is 0.453 e. The van der Waals surface area contributed by atoms with Crippen LogP contribution in [0.15, 0.2) is 22.7 Å². The highest BCUT2D eigenvalue weighted by molar-refractivity contribution is 9.10. The molecule has 0 aromatic heterocycles. The van der Waals surface area contributed by atoms with Gasteiger partial charge in [0.2, 0.25) is 0 Å². The van der Waals surface area contributed by atoms with Crippen molar-refractivity contribution in [1.82, 2.24) is 5.32 Å². The van der Waals surface area contributed by atoms with Gasteiger partial charge in [0, 0.05) is 10.0 Å². The van der Waals surface area contributed by atoms with Gasteiger partial charge in [-0.05, 0) is 39.0 Å². The van der Waals surface area contributed by atoms with Gasteiger partial charge in [-0.15, -0.1) is 0 Å². The standard InChI is InChI=1S/C13H17BrN2O3/c1-13(2,3)16-11(17)9-6-5-8(14)7-10(9)15-12(18)19-4/h5-7H,1-4H3,(H,15,18)(H,16,17). The molecule has 0 fully saturated rings. The number of hydrogen-bond donors (Lipinski definition) is 2. The van der Waals surface area contributed by atoms with E-state index < -0.39 is 6.09 Å². The first kappa shape index (κ1) is 15.5. The lowest BCUT2D eigenvalue weighted by Crippen LogP contribution is -2.40. The molecule has 0 atom stereocenters. The van der Waals surface area contributed by atoms with Crippen LogP contribution in [0.3, 0.4) is 0 Å². The third-order valence-corrected chi connectivity index (χ3v) is 2.63. The van der Waals surface area contributed by atoms with E-state index in [-0.39, 0.29) is 11.4 Å². The van der Waals surface area contributed by atoms with Gasteiger partial charge in [0.05, 0.1) is 18.4 Å². The predicted octanol–water partition coefficient (Wildman–Crippen LogP) is 3.16. The molecular formula is C13H17BrN2O3. The molecular weight excluding hydrogens is 312 g/mol. The average molecular weight is 329 g/mol. The van der Waals surface area contributed by atoms with E-state index in [1.165, 1.54) is 7.11 Å². The Hall–Kier alpha value is -1.56. The van der Waals surface area contributed by atoms with Gasteiger partial charge < -0.3 is 10.1 Å². The van der Waals surface area contributed by atoms with Crippen molar-refractivity contribution in [2.24, 2.45) is 0 Å². The lowest BCUT2D eigenvalue weighted by Gasteiger charge is -2.21. The lowest BCUT2D eigenvalue weighted by molar-refractivity contribution is 0.0920. The van der Waals surface area contributed by atoms with Gasteiger partial charge in [0.25, 0.3) is 5.91 Å². The molecule has 5 nitrogen and oxygen atoms in total. The van der Waals surface area contributed by atoms with Crippen LogP contribution in [0.2, 0.25) is 0 Å². The molecule has 1 rings (SSSR count). The number of benzene rings is 1. The van der Waals surface area contributed by atoms with Gasteiger partial charge in [-0.1, -0.05) is 15.9 Å². The molecule has 104 valence electrons. The zero-order valence-corrected chi connectivity index (χ0v) is 12.9. The molecule has 0 aliphatic rings. The van der Waals surface area contributed by atoms with Gasteiger partial charge >= 0.3 is 6.09 Å². The molecule has 0 aliphatic carbocycles. The Morgan fingerprint density at radius 3 is 2.42 bits per heavy atom. The summed E-state index contributed by atoms with van der Waals surface area (Å²) in [4.78, 5) is 23.4. The van der Waals surface area contributed by atoms with Crippen LogP contribution in [0.5, 0.6) is 0 Å². The molecule has 0 saturated carbocycles. The van der Waals surface area contributed by atoms with E-state index in [0.29, 0.717) is 11.3 Å². The first-order valence-corrected chi connectivity index (χ1v) is 6.49. The predicted molar refractivity (Wildman–Crippen MR) is 77.4 cm³/mol. The van der Waals surface area contributed by atoms with Gasteiger partial charge in [-0.3, -0.25) is 10.1 Å². The van der Waals surface area contributed by atoms with Crippen molar-refractivity contribution >= 4 is 33.6 Å². The Bertz CT molecular complexity index is 495. The van der Waals surface area contributed by atoms with Crippen LogP contribution < -0.4 is 10.6 Å². The lowest BCUT2D eigenvalue weighted by atomic mass is 10.1. The number of ether oxygens (including phenoxy) is 1. The zero-order valence-electron chi connectivity index (χ0n) is 11.3. The Kier molecular flexibility index (Phi) is 4.94. The summed E-state index contributed by atoms with van der Waals surface area (Å²) in [6.07, 6.45) is -0.622. The minimum absolute atomic E-state index is 0.258. The number of nitrogens with one attached hydrogen (secondary N) is 2. The van der Waals surface area contributed by atoms with E-state index in [1.807, 2.05) is 20.8 Å². The number of rotatable bonds is 2.